The minimum absolute atomic E-state index is 0.0111. The molecular weight excluding hydrogens is 356 g/mol. The summed E-state index contributed by atoms with van der Waals surface area (Å²) in [6.07, 6.45) is 3.61. The van der Waals surface area contributed by atoms with Crippen LogP contribution in [0.25, 0.3) is 10.3 Å². The highest BCUT2D eigenvalue weighted by molar-refractivity contribution is 7.21. The number of halogens is 1. The summed E-state index contributed by atoms with van der Waals surface area (Å²) in [7, 11) is 0. The Hall–Kier alpha value is -2.18. The number of hydrogen-bond acceptors (Lipinski definition) is 5. The number of rotatable bonds is 3. The van der Waals surface area contributed by atoms with E-state index < -0.39 is 0 Å². The van der Waals surface area contributed by atoms with Gasteiger partial charge in [-0.05, 0) is 37.1 Å². The van der Waals surface area contributed by atoms with Crippen molar-refractivity contribution in [2.45, 2.75) is 12.8 Å². The van der Waals surface area contributed by atoms with Crippen molar-refractivity contribution in [2.75, 3.05) is 23.3 Å². The molecule has 1 aromatic carbocycles. The number of para-hydroxylation sites is 1. The number of amides is 1. The molecule has 0 saturated carbocycles. The van der Waals surface area contributed by atoms with Gasteiger partial charge in [0.15, 0.2) is 5.13 Å². The molecule has 0 bridgehead atoms. The van der Waals surface area contributed by atoms with E-state index in [1.54, 1.807) is 23.6 Å². The Balaban J connectivity index is 1.48. The second-order valence-electron chi connectivity index (χ2n) is 6.08. The zero-order valence-electron chi connectivity index (χ0n) is 13.5. The molecule has 1 aliphatic rings. The first kappa shape index (κ1) is 16.3. The van der Waals surface area contributed by atoms with Crippen molar-refractivity contribution in [1.29, 1.82) is 0 Å². The summed E-state index contributed by atoms with van der Waals surface area (Å²) in [5, 5.41) is 4.44. The molecule has 0 radical (unpaired) electrons. The highest BCUT2D eigenvalue weighted by atomic mass is 35.5. The van der Waals surface area contributed by atoms with Gasteiger partial charge in [0.25, 0.3) is 0 Å². The molecule has 3 heterocycles. The first-order valence-corrected chi connectivity index (χ1v) is 9.42. The number of hydrogen-bond donors (Lipinski definition) is 1. The Morgan fingerprint density at radius 2 is 2.16 bits per heavy atom. The van der Waals surface area contributed by atoms with E-state index in [4.69, 9.17) is 11.6 Å². The van der Waals surface area contributed by atoms with Crippen LogP contribution in [0, 0.1) is 5.92 Å². The Bertz CT molecular complexity index is 880. The Kier molecular flexibility index (Phi) is 4.55. The lowest BCUT2D eigenvalue weighted by atomic mass is 9.97. The molecule has 0 spiro atoms. The van der Waals surface area contributed by atoms with Gasteiger partial charge in [0.1, 0.15) is 10.3 Å². The van der Waals surface area contributed by atoms with Gasteiger partial charge in [-0.2, -0.15) is 0 Å². The lowest BCUT2D eigenvalue weighted by Gasteiger charge is -2.31. The maximum atomic E-state index is 12.6. The predicted molar refractivity (Wildman–Crippen MR) is 102 cm³/mol. The third-order valence-electron chi connectivity index (χ3n) is 4.35. The number of nitrogens with zero attached hydrogens (tertiary/aromatic N) is 3. The first-order valence-electron chi connectivity index (χ1n) is 8.22. The van der Waals surface area contributed by atoms with E-state index in [-0.39, 0.29) is 11.8 Å². The van der Waals surface area contributed by atoms with E-state index in [9.17, 15) is 4.79 Å². The van der Waals surface area contributed by atoms with E-state index in [2.05, 4.69) is 20.2 Å². The molecule has 1 amide bonds. The molecule has 2 aromatic heterocycles. The van der Waals surface area contributed by atoms with Crippen LogP contribution in [0.1, 0.15) is 12.8 Å². The number of aromatic nitrogens is 2. The van der Waals surface area contributed by atoms with Gasteiger partial charge in [0, 0.05) is 19.3 Å². The molecule has 3 aromatic rings. The van der Waals surface area contributed by atoms with Gasteiger partial charge < -0.3 is 10.2 Å². The predicted octanol–water partition coefficient (Wildman–Crippen LogP) is 4.20. The monoisotopic (exact) mass is 372 g/mol. The molecule has 1 atom stereocenters. The van der Waals surface area contributed by atoms with Crippen molar-refractivity contribution in [3.63, 3.8) is 0 Å². The summed E-state index contributed by atoms with van der Waals surface area (Å²) in [4.78, 5) is 24.8. The molecule has 7 heteroatoms. The third kappa shape index (κ3) is 3.45. The minimum atomic E-state index is -0.0787. The Morgan fingerprint density at radius 3 is 3.00 bits per heavy atom. The maximum absolute atomic E-state index is 12.6. The van der Waals surface area contributed by atoms with Crippen LogP contribution in [-0.4, -0.2) is 29.0 Å². The number of piperidine rings is 1. The molecule has 4 rings (SSSR count). The number of fused-ring (bicyclic) bond motifs is 1. The normalized spacial score (nSPS) is 17.6. The van der Waals surface area contributed by atoms with E-state index in [1.807, 2.05) is 30.3 Å². The standard InChI is InChI=1S/C18H17ClN4OS/c19-13-6-1-2-7-14(13)21-16(24)12-5-4-10-23(11-12)18-22-15-8-3-9-20-17(15)25-18/h1-3,6-9,12H,4-5,10-11H2,(H,21,24)/t12-/m0/s1. The van der Waals surface area contributed by atoms with E-state index >= 15 is 0 Å². The van der Waals surface area contributed by atoms with Crippen LogP contribution in [0.5, 0.6) is 0 Å². The van der Waals surface area contributed by atoms with Gasteiger partial charge >= 0.3 is 0 Å². The van der Waals surface area contributed by atoms with Crippen LogP contribution < -0.4 is 10.2 Å². The molecule has 1 N–H and O–H groups in total. The van der Waals surface area contributed by atoms with Gasteiger partial charge in [-0.1, -0.05) is 35.1 Å². The highest BCUT2D eigenvalue weighted by Gasteiger charge is 2.27. The van der Waals surface area contributed by atoms with Crippen LogP contribution in [0.15, 0.2) is 42.6 Å². The van der Waals surface area contributed by atoms with Crippen molar-refractivity contribution in [1.82, 2.24) is 9.97 Å². The second-order valence-corrected chi connectivity index (χ2v) is 7.44. The first-order chi connectivity index (χ1) is 12.2. The van der Waals surface area contributed by atoms with Gasteiger partial charge in [0.2, 0.25) is 5.91 Å². The quantitative estimate of drug-likeness (QED) is 0.748. The summed E-state index contributed by atoms with van der Waals surface area (Å²) in [6, 6.07) is 11.2. The average molecular weight is 373 g/mol. The third-order valence-corrected chi connectivity index (χ3v) is 5.72. The number of nitrogens with one attached hydrogen (secondary N) is 1. The summed E-state index contributed by atoms with van der Waals surface area (Å²) in [5.41, 5.74) is 1.57. The van der Waals surface area contributed by atoms with Crippen molar-refractivity contribution in [2.24, 2.45) is 5.92 Å². The molecule has 5 nitrogen and oxygen atoms in total. The Morgan fingerprint density at radius 1 is 1.28 bits per heavy atom. The van der Waals surface area contributed by atoms with Gasteiger partial charge in [-0.15, -0.1) is 0 Å². The summed E-state index contributed by atoms with van der Waals surface area (Å²) < 4.78 is 0. The lowest BCUT2D eigenvalue weighted by Crippen LogP contribution is -2.40. The molecule has 1 saturated heterocycles. The molecule has 1 fully saturated rings. The van der Waals surface area contributed by atoms with Crippen LogP contribution in [0.3, 0.4) is 0 Å². The van der Waals surface area contributed by atoms with E-state index in [1.165, 1.54) is 0 Å². The summed E-state index contributed by atoms with van der Waals surface area (Å²) >= 11 is 7.71. The number of carbonyl (C=O) groups excluding carboxylic acids is 1. The minimum Gasteiger partial charge on any atom is -0.347 e. The topological polar surface area (TPSA) is 58.1 Å². The second kappa shape index (κ2) is 6.98. The smallest absolute Gasteiger partial charge is 0.229 e. The number of anilines is 2. The summed E-state index contributed by atoms with van der Waals surface area (Å²) in [5.74, 6) is -0.0676. The van der Waals surface area contributed by atoms with Crippen molar-refractivity contribution in [3.8, 4) is 0 Å². The lowest BCUT2D eigenvalue weighted by molar-refractivity contribution is -0.120. The van der Waals surface area contributed by atoms with Gasteiger partial charge in [-0.3, -0.25) is 4.79 Å². The number of pyridine rings is 1. The molecular formula is C18H17ClN4OS. The van der Waals surface area contributed by atoms with Gasteiger partial charge in [0.05, 0.1) is 16.6 Å². The fourth-order valence-electron chi connectivity index (χ4n) is 3.06. The number of carbonyl (C=O) groups is 1. The number of benzene rings is 1. The molecule has 1 aliphatic heterocycles. The van der Waals surface area contributed by atoms with Crippen molar-refractivity contribution >= 4 is 50.0 Å². The SMILES string of the molecule is O=C(Nc1ccccc1Cl)[C@H]1CCCN(c2nc3cccnc3s2)C1. The molecule has 0 aliphatic carbocycles. The molecule has 25 heavy (non-hydrogen) atoms. The largest absolute Gasteiger partial charge is 0.347 e. The van der Waals surface area contributed by atoms with Crippen LogP contribution >= 0.6 is 22.9 Å². The highest BCUT2D eigenvalue weighted by Crippen LogP contribution is 2.31. The fourth-order valence-corrected chi connectivity index (χ4v) is 4.18. The van der Waals surface area contributed by atoms with Crippen LogP contribution in [0.2, 0.25) is 5.02 Å². The number of thiazole rings is 1. The molecule has 0 unspecified atom stereocenters. The molecule has 128 valence electrons. The Labute approximate surface area is 154 Å². The van der Waals surface area contributed by atoms with Gasteiger partial charge in [-0.25, -0.2) is 9.97 Å². The van der Waals surface area contributed by atoms with E-state index in [0.717, 1.165) is 34.9 Å². The zero-order valence-corrected chi connectivity index (χ0v) is 15.1. The van der Waals surface area contributed by atoms with Crippen LogP contribution in [0.4, 0.5) is 10.8 Å². The maximum Gasteiger partial charge on any atom is 0.229 e. The van der Waals surface area contributed by atoms with Crippen molar-refractivity contribution < 1.29 is 4.79 Å². The van der Waals surface area contributed by atoms with E-state index in [0.29, 0.717) is 17.3 Å². The summed E-state index contributed by atoms with van der Waals surface area (Å²) in [6.45, 7) is 1.58. The van der Waals surface area contributed by atoms with Crippen LogP contribution in [-0.2, 0) is 4.79 Å². The zero-order chi connectivity index (χ0) is 17.2. The fraction of sp³-hybridized carbons (Fsp3) is 0.278. The average Bonchev–Trinajstić information content (AvgIpc) is 3.08. The van der Waals surface area contributed by atoms with Crippen molar-refractivity contribution in [3.05, 3.63) is 47.6 Å².